The zero-order valence-electron chi connectivity index (χ0n) is 10.9. The van der Waals surface area contributed by atoms with Crippen molar-refractivity contribution in [2.45, 2.75) is 45.1 Å². The Bertz CT molecular complexity index is 345. The summed E-state index contributed by atoms with van der Waals surface area (Å²) in [7, 11) is 0. The maximum atomic E-state index is 6.15. The molecule has 0 unspecified atom stereocenters. The second-order valence-electron chi connectivity index (χ2n) is 4.93. The first-order valence-electron chi connectivity index (χ1n) is 6.77. The number of hydrogen-bond donors (Lipinski definition) is 1. The summed E-state index contributed by atoms with van der Waals surface area (Å²) in [6.45, 7) is 6.60. The van der Waals surface area contributed by atoms with Crippen molar-refractivity contribution in [1.29, 1.82) is 0 Å². The van der Waals surface area contributed by atoms with Crippen molar-refractivity contribution in [3.05, 3.63) is 29.8 Å². The van der Waals surface area contributed by atoms with Crippen molar-refractivity contribution < 1.29 is 4.74 Å². The van der Waals surface area contributed by atoms with Crippen LogP contribution in [0.5, 0.6) is 5.75 Å². The van der Waals surface area contributed by atoms with Gasteiger partial charge in [-0.3, -0.25) is 0 Å². The summed E-state index contributed by atoms with van der Waals surface area (Å²) in [6, 6.07) is 8.47. The Balaban J connectivity index is 2.08. The second-order valence-corrected chi connectivity index (χ2v) is 4.93. The molecule has 1 N–H and O–H groups in total. The number of hydrogen-bond acceptors (Lipinski definition) is 2. The molecule has 1 heterocycles. The van der Waals surface area contributed by atoms with E-state index in [0.29, 0.717) is 12.0 Å². The predicted octanol–water partition coefficient (Wildman–Crippen LogP) is 3.33. The average Bonchev–Trinajstić information content (AvgIpc) is 2.40. The van der Waals surface area contributed by atoms with Gasteiger partial charge in [-0.1, -0.05) is 32.0 Å². The molecule has 2 atom stereocenters. The highest BCUT2D eigenvalue weighted by Crippen LogP contribution is 2.29. The monoisotopic (exact) mass is 233 g/mol. The summed E-state index contributed by atoms with van der Waals surface area (Å²) in [5, 5.41) is 3.39. The Hall–Kier alpha value is -1.02. The maximum Gasteiger partial charge on any atom is 0.123 e. The Morgan fingerprint density at radius 1 is 1.41 bits per heavy atom. The van der Waals surface area contributed by atoms with Gasteiger partial charge in [0.25, 0.3) is 0 Å². The fourth-order valence-corrected chi connectivity index (χ4v) is 2.31. The number of piperidine rings is 1. The molecule has 1 saturated heterocycles. The Labute approximate surface area is 104 Å². The van der Waals surface area contributed by atoms with Crippen LogP contribution < -0.4 is 10.1 Å². The molecule has 1 aromatic carbocycles. The van der Waals surface area contributed by atoms with Crippen molar-refractivity contribution in [3.8, 4) is 5.75 Å². The molecule has 0 aromatic heterocycles. The molecule has 1 aliphatic heterocycles. The lowest BCUT2D eigenvalue weighted by molar-refractivity contribution is 0.165. The first-order valence-corrected chi connectivity index (χ1v) is 6.77. The molecule has 0 saturated carbocycles. The summed E-state index contributed by atoms with van der Waals surface area (Å²) >= 11 is 0. The van der Waals surface area contributed by atoms with Gasteiger partial charge in [0, 0.05) is 6.54 Å². The molecule has 2 heteroatoms. The van der Waals surface area contributed by atoms with Crippen molar-refractivity contribution in [2.75, 3.05) is 13.1 Å². The van der Waals surface area contributed by atoms with Gasteiger partial charge in [-0.05, 0) is 43.4 Å². The van der Waals surface area contributed by atoms with Gasteiger partial charge in [-0.2, -0.15) is 0 Å². The van der Waals surface area contributed by atoms with E-state index in [2.05, 4.69) is 43.4 Å². The third kappa shape index (κ3) is 3.22. The molecular weight excluding hydrogens is 210 g/mol. The minimum absolute atomic E-state index is 0.342. The van der Waals surface area contributed by atoms with E-state index in [1.165, 1.54) is 18.4 Å². The molecule has 0 amide bonds. The standard InChI is InChI=1S/C15H23NO/c1-3-12(2)14-8-4-5-9-15(14)17-13-7-6-10-16-11-13/h4-5,8-9,12-13,16H,3,6-7,10-11H2,1-2H3/t12-,13-/m0/s1. The van der Waals surface area contributed by atoms with E-state index in [-0.39, 0.29) is 0 Å². The first kappa shape index (κ1) is 12.4. The van der Waals surface area contributed by atoms with Crippen LogP contribution >= 0.6 is 0 Å². The van der Waals surface area contributed by atoms with Gasteiger partial charge in [-0.15, -0.1) is 0 Å². The van der Waals surface area contributed by atoms with E-state index < -0.39 is 0 Å². The van der Waals surface area contributed by atoms with Gasteiger partial charge in [0.2, 0.25) is 0 Å². The molecule has 0 aliphatic carbocycles. The van der Waals surface area contributed by atoms with Crippen LogP contribution in [0.1, 0.15) is 44.6 Å². The molecule has 0 radical (unpaired) electrons. The number of para-hydroxylation sites is 1. The first-order chi connectivity index (χ1) is 8.31. The number of rotatable bonds is 4. The average molecular weight is 233 g/mol. The second kappa shape index (κ2) is 6.06. The molecule has 2 nitrogen and oxygen atoms in total. The highest BCUT2D eigenvalue weighted by Gasteiger charge is 2.17. The van der Waals surface area contributed by atoms with Gasteiger partial charge in [0.1, 0.15) is 11.9 Å². The highest BCUT2D eigenvalue weighted by atomic mass is 16.5. The molecule has 1 fully saturated rings. The normalized spacial score (nSPS) is 22.1. The summed E-state index contributed by atoms with van der Waals surface area (Å²) in [5.74, 6) is 1.65. The van der Waals surface area contributed by atoms with Crippen LogP contribution in [0, 0.1) is 0 Å². The number of nitrogens with one attached hydrogen (secondary N) is 1. The van der Waals surface area contributed by atoms with E-state index in [0.717, 1.165) is 25.3 Å². The van der Waals surface area contributed by atoms with Crippen LogP contribution in [-0.4, -0.2) is 19.2 Å². The predicted molar refractivity (Wildman–Crippen MR) is 71.7 cm³/mol. The Morgan fingerprint density at radius 3 is 2.94 bits per heavy atom. The number of benzene rings is 1. The quantitative estimate of drug-likeness (QED) is 0.861. The van der Waals surface area contributed by atoms with Gasteiger partial charge in [-0.25, -0.2) is 0 Å². The minimum atomic E-state index is 0.342. The summed E-state index contributed by atoms with van der Waals surface area (Å²) in [5.41, 5.74) is 1.35. The number of ether oxygens (including phenoxy) is 1. The van der Waals surface area contributed by atoms with Gasteiger partial charge < -0.3 is 10.1 Å². The minimum Gasteiger partial charge on any atom is -0.489 e. The zero-order valence-corrected chi connectivity index (χ0v) is 10.9. The highest BCUT2D eigenvalue weighted by molar-refractivity contribution is 5.36. The largest absolute Gasteiger partial charge is 0.489 e. The molecule has 2 rings (SSSR count). The Kier molecular flexibility index (Phi) is 4.43. The van der Waals surface area contributed by atoms with E-state index in [1.807, 2.05) is 0 Å². The fraction of sp³-hybridized carbons (Fsp3) is 0.600. The lowest BCUT2D eigenvalue weighted by Crippen LogP contribution is -2.37. The Morgan fingerprint density at radius 2 is 2.24 bits per heavy atom. The van der Waals surface area contributed by atoms with Crippen LogP contribution in [0.25, 0.3) is 0 Å². The maximum absolute atomic E-state index is 6.15. The topological polar surface area (TPSA) is 21.3 Å². The van der Waals surface area contributed by atoms with Crippen molar-refractivity contribution in [2.24, 2.45) is 0 Å². The van der Waals surface area contributed by atoms with E-state index >= 15 is 0 Å². The molecule has 0 bridgehead atoms. The van der Waals surface area contributed by atoms with Crippen LogP contribution in [0.3, 0.4) is 0 Å². The fourth-order valence-electron chi connectivity index (χ4n) is 2.31. The van der Waals surface area contributed by atoms with Crippen LogP contribution in [0.4, 0.5) is 0 Å². The molecule has 94 valence electrons. The van der Waals surface area contributed by atoms with Gasteiger partial charge in [0.15, 0.2) is 0 Å². The molecule has 1 aliphatic rings. The third-order valence-electron chi connectivity index (χ3n) is 3.61. The SMILES string of the molecule is CC[C@H](C)c1ccccc1O[C@H]1CCCNC1. The summed E-state index contributed by atoms with van der Waals surface area (Å²) < 4.78 is 6.15. The third-order valence-corrected chi connectivity index (χ3v) is 3.61. The van der Waals surface area contributed by atoms with Crippen LogP contribution in [0.15, 0.2) is 24.3 Å². The van der Waals surface area contributed by atoms with Crippen LogP contribution in [-0.2, 0) is 0 Å². The summed E-state index contributed by atoms with van der Waals surface area (Å²) in [6.07, 6.45) is 3.88. The van der Waals surface area contributed by atoms with Crippen molar-refractivity contribution >= 4 is 0 Å². The molecule has 17 heavy (non-hydrogen) atoms. The van der Waals surface area contributed by atoms with Gasteiger partial charge in [0.05, 0.1) is 0 Å². The van der Waals surface area contributed by atoms with E-state index in [4.69, 9.17) is 4.74 Å². The van der Waals surface area contributed by atoms with E-state index in [1.54, 1.807) is 0 Å². The van der Waals surface area contributed by atoms with E-state index in [9.17, 15) is 0 Å². The van der Waals surface area contributed by atoms with Crippen LogP contribution in [0.2, 0.25) is 0 Å². The van der Waals surface area contributed by atoms with Crippen molar-refractivity contribution in [3.63, 3.8) is 0 Å². The summed E-state index contributed by atoms with van der Waals surface area (Å²) in [4.78, 5) is 0. The molecular formula is C15H23NO. The smallest absolute Gasteiger partial charge is 0.123 e. The van der Waals surface area contributed by atoms with Crippen molar-refractivity contribution in [1.82, 2.24) is 5.32 Å². The lowest BCUT2D eigenvalue weighted by Gasteiger charge is -2.26. The zero-order chi connectivity index (χ0) is 12.1. The lowest BCUT2D eigenvalue weighted by atomic mass is 9.97. The molecule has 0 spiro atoms. The van der Waals surface area contributed by atoms with Gasteiger partial charge >= 0.3 is 0 Å². The molecule has 1 aromatic rings.